The molecule has 3 N–H and O–H groups in total. The van der Waals surface area contributed by atoms with Gasteiger partial charge in [0, 0.05) is 24.1 Å². The van der Waals surface area contributed by atoms with E-state index in [4.69, 9.17) is 10.8 Å². The van der Waals surface area contributed by atoms with E-state index >= 15 is 0 Å². The molecule has 0 aliphatic heterocycles. The fourth-order valence-corrected chi connectivity index (χ4v) is 2.45. The van der Waals surface area contributed by atoms with Gasteiger partial charge in [-0.25, -0.2) is 9.97 Å². The Labute approximate surface area is 105 Å². The van der Waals surface area contributed by atoms with Gasteiger partial charge in [-0.15, -0.1) is 11.8 Å². The van der Waals surface area contributed by atoms with E-state index in [-0.39, 0.29) is 17.6 Å². The minimum Gasteiger partial charge on any atom is -0.396 e. The van der Waals surface area contributed by atoms with Crippen molar-refractivity contribution < 1.29 is 9.90 Å². The smallest absolute Gasteiger partial charge is 0.142 e. The Kier molecular flexibility index (Phi) is 5.37. The number of carbonyl (C=O) groups excluding carboxylic acids is 1. The molecule has 0 saturated heterocycles. The Morgan fingerprint density at radius 1 is 1.65 bits per heavy atom. The number of hydrogen-bond donors (Lipinski definition) is 2. The lowest BCUT2D eigenvalue weighted by atomic mass is 10.2. The van der Waals surface area contributed by atoms with Gasteiger partial charge in [-0.1, -0.05) is 0 Å². The summed E-state index contributed by atoms with van der Waals surface area (Å²) in [5.74, 6) is 1.73. The number of nitrogen functional groups attached to an aromatic ring is 1. The summed E-state index contributed by atoms with van der Waals surface area (Å²) in [6.45, 7) is 3.32. The number of rotatable bonds is 6. The van der Waals surface area contributed by atoms with Crippen molar-refractivity contribution in [1.82, 2.24) is 9.97 Å². The van der Waals surface area contributed by atoms with Crippen molar-refractivity contribution in [2.24, 2.45) is 0 Å². The molecule has 1 unspecified atom stereocenters. The number of nitrogens with two attached hydrogens (primary N) is 1. The molecule has 0 amide bonds. The van der Waals surface area contributed by atoms with Crippen LogP contribution in [0.1, 0.15) is 24.7 Å². The molecule has 1 rings (SSSR count). The van der Waals surface area contributed by atoms with Crippen molar-refractivity contribution in [3.05, 3.63) is 17.6 Å². The minimum absolute atomic E-state index is 0.0110. The standard InChI is InChI=1S/C11H17N3O2S/c1-7(16)10(3-4-15)17-6-9-5-13-8(2)14-11(9)12/h5,10,15H,3-4,6H2,1-2H3,(H2,12,13,14). The van der Waals surface area contributed by atoms with Crippen LogP contribution >= 0.6 is 11.8 Å². The average Bonchev–Trinajstić information content (AvgIpc) is 2.25. The van der Waals surface area contributed by atoms with Crippen LogP contribution in [0.2, 0.25) is 0 Å². The molecule has 0 spiro atoms. The first-order valence-electron chi connectivity index (χ1n) is 5.35. The third kappa shape index (κ3) is 4.32. The number of hydrogen-bond acceptors (Lipinski definition) is 6. The zero-order valence-corrected chi connectivity index (χ0v) is 10.8. The summed E-state index contributed by atoms with van der Waals surface area (Å²) in [4.78, 5) is 19.4. The fourth-order valence-electron chi connectivity index (χ4n) is 1.34. The normalized spacial score (nSPS) is 12.4. The van der Waals surface area contributed by atoms with Crippen LogP contribution in [-0.2, 0) is 10.5 Å². The summed E-state index contributed by atoms with van der Waals surface area (Å²) < 4.78 is 0. The van der Waals surface area contributed by atoms with Gasteiger partial charge in [-0.3, -0.25) is 4.79 Å². The Balaban J connectivity index is 2.62. The van der Waals surface area contributed by atoms with Crippen molar-refractivity contribution in [3.63, 3.8) is 0 Å². The molecular weight excluding hydrogens is 238 g/mol. The first kappa shape index (κ1) is 13.9. The quantitative estimate of drug-likeness (QED) is 0.786. The number of nitrogens with zero attached hydrogens (tertiary/aromatic N) is 2. The summed E-state index contributed by atoms with van der Waals surface area (Å²) >= 11 is 1.46. The summed E-state index contributed by atoms with van der Waals surface area (Å²) in [6, 6.07) is 0. The van der Waals surface area contributed by atoms with Crippen LogP contribution < -0.4 is 5.73 Å². The lowest BCUT2D eigenvalue weighted by molar-refractivity contribution is -0.116. The van der Waals surface area contributed by atoms with Crippen LogP contribution in [0.4, 0.5) is 5.82 Å². The van der Waals surface area contributed by atoms with Gasteiger partial charge in [0.05, 0.1) is 5.25 Å². The molecule has 5 nitrogen and oxygen atoms in total. The highest BCUT2D eigenvalue weighted by molar-refractivity contribution is 7.99. The second-order valence-corrected chi connectivity index (χ2v) is 4.94. The molecule has 1 heterocycles. The van der Waals surface area contributed by atoms with Gasteiger partial charge < -0.3 is 10.8 Å². The summed E-state index contributed by atoms with van der Waals surface area (Å²) in [5, 5.41) is 8.67. The highest BCUT2D eigenvalue weighted by atomic mass is 32.2. The van der Waals surface area contributed by atoms with E-state index in [0.717, 1.165) is 5.56 Å². The molecule has 0 aliphatic carbocycles. The van der Waals surface area contributed by atoms with Gasteiger partial charge in [0.15, 0.2) is 0 Å². The molecule has 0 radical (unpaired) electrons. The molecular formula is C11H17N3O2S. The van der Waals surface area contributed by atoms with Crippen LogP contribution in [-0.4, -0.2) is 32.7 Å². The molecule has 0 saturated carbocycles. The lowest BCUT2D eigenvalue weighted by Gasteiger charge is -2.12. The third-order valence-electron chi connectivity index (χ3n) is 2.30. The molecule has 1 atom stereocenters. The molecule has 0 aliphatic rings. The zero-order chi connectivity index (χ0) is 12.8. The van der Waals surface area contributed by atoms with Gasteiger partial charge >= 0.3 is 0 Å². The monoisotopic (exact) mass is 255 g/mol. The maximum Gasteiger partial charge on any atom is 0.142 e. The molecule has 0 aromatic carbocycles. The predicted molar refractivity (Wildman–Crippen MR) is 68.6 cm³/mol. The number of Topliss-reactive ketones (excluding diaryl/α,β-unsaturated/α-hetero) is 1. The van der Waals surface area contributed by atoms with E-state index in [1.807, 2.05) is 0 Å². The van der Waals surface area contributed by atoms with Gasteiger partial charge in [0.1, 0.15) is 17.4 Å². The van der Waals surface area contributed by atoms with Crippen LogP contribution in [0.5, 0.6) is 0 Å². The number of aliphatic hydroxyl groups excluding tert-OH is 1. The van der Waals surface area contributed by atoms with Crippen LogP contribution in [0, 0.1) is 6.92 Å². The number of carbonyl (C=O) groups is 1. The molecule has 6 heteroatoms. The number of anilines is 1. The van der Waals surface area contributed by atoms with E-state index in [2.05, 4.69) is 9.97 Å². The largest absolute Gasteiger partial charge is 0.396 e. The Hall–Kier alpha value is -1.14. The Bertz CT molecular complexity index is 398. The third-order valence-corrected chi connectivity index (χ3v) is 3.75. The van der Waals surface area contributed by atoms with Crippen molar-refractivity contribution in [3.8, 4) is 0 Å². The maximum absolute atomic E-state index is 11.3. The average molecular weight is 255 g/mol. The van der Waals surface area contributed by atoms with Crippen molar-refractivity contribution >= 4 is 23.4 Å². The molecule has 1 aromatic heterocycles. The molecule has 0 fully saturated rings. The number of aliphatic hydroxyl groups is 1. The van der Waals surface area contributed by atoms with Gasteiger partial charge in [-0.2, -0.15) is 0 Å². The predicted octanol–water partition coefficient (Wildman–Crippen LogP) is 0.940. The van der Waals surface area contributed by atoms with E-state index in [1.54, 1.807) is 13.1 Å². The number of aryl methyl sites for hydroxylation is 1. The second kappa shape index (κ2) is 6.56. The van der Waals surface area contributed by atoms with Gasteiger partial charge in [0.25, 0.3) is 0 Å². The number of ketones is 1. The molecule has 17 heavy (non-hydrogen) atoms. The van der Waals surface area contributed by atoms with Crippen LogP contribution in [0.25, 0.3) is 0 Å². The van der Waals surface area contributed by atoms with E-state index in [1.165, 1.54) is 18.7 Å². The van der Waals surface area contributed by atoms with Crippen molar-refractivity contribution in [1.29, 1.82) is 0 Å². The first-order valence-corrected chi connectivity index (χ1v) is 6.40. The van der Waals surface area contributed by atoms with Crippen molar-refractivity contribution in [2.45, 2.75) is 31.3 Å². The molecule has 0 bridgehead atoms. The molecule has 94 valence electrons. The highest BCUT2D eigenvalue weighted by Crippen LogP contribution is 2.23. The zero-order valence-electron chi connectivity index (χ0n) is 10.0. The van der Waals surface area contributed by atoms with Crippen LogP contribution in [0.3, 0.4) is 0 Å². The van der Waals surface area contributed by atoms with E-state index in [0.29, 0.717) is 23.8 Å². The van der Waals surface area contributed by atoms with E-state index < -0.39 is 0 Å². The van der Waals surface area contributed by atoms with E-state index in [9.17, 15) is 4.79 Å². The fraction of sp³-hybridized carbons (Fsp3) is 0.545. The first-order chi connectivity index (χ1) is 8.04. The van der Waals surface area contributed by atoms with Gasteiger partial charge in [0.2, 0.25) is 0 Å². The summed E-state index contributed by atoms with van der Waals surface area (Å²) in [7, 11) is 0. The summed E-state index contributed by atoms with van der Waals surface area (Å²) in [5.41, 5.74) is 6.58. The lowest BCUT2D eigenvalue weighted by Crippen LogP contribution is -2.15. The van der Waals surface area contributed by atoms with Crippen LogP contribution in [0.15, 0.2) is 6.20 Å². The summed E-state index contributed by atoms with van der Waals surface area (Å²) in [6.07, 6.45) is 2.15. The molecule has 1 aromatic rings. The van der Waals surface area contributed by atoms with Gasteiger partial charge in [-0.05, 0) is 20.3 Å². The Morgan fingerprint density at radius 3 is 2.88 bits per heavy atom. The second-order valence-electron chi connectivity index (χ2n) is 3.75. The number of thioether (sulfide) groups is 1. The van der Waals surface area contributed by atoms with Crippen molar-refractivity contribution in [2.75, 3.05) is 12.3 Å². The number of aromatic nitrogens is 2. The highest BCUT2D eigenvalue weighted by Gasteiger charge is 2.15. The Morgan fingerprint density at radius 2 is 2.35 bits per heavy atom. The minimum atomic E-state index is -0.194. The maximum atomic E-state index is 11.3. The SMILES string of the molecule is CC(=O)C(CCO)SCc1cnc(C)nc1N. The topological polar surface area (TPSA) is 89.1 Å².